The number of aromatic nitrogens is 4. The Morgan fingerprint density at radius 3 is 2.59 bits per heavy atom. The van der Waals surface area contributed by atoms with Crippen LogP contribution in [-0.4, -0.2) is 48.9 Å². The minimum Gasteiger partial charge on any atom is -0.387 e. The first-order valence-corrected chi connectivity index (χ1v) is 10.4. The molecule has 4 aromatic heterocycles. The molecule has 1 amide bonds. The number of carbonyl (C=O) groups is 1. The van der Waals surface area contributed by atoms with Gasteiger partial charge in [-0.25, -0.2) is 8.91 Å². The molecule has 1 atom stereocenters. The number of carbonyl (C=O) groups excluding carboxylic acids is 1. The van der Waals surface area contributed by atoms with Crippen molar-refractivity contribution in [3.63, 3.8) is 0 Å². The third kappa shape index (κ3) is 4.29. The lowest BCUT2D eigenvalue weighted by atomic mass is 10.0. The smallest absolute Gasteiger partial charge is 0.252 e. The molecule has 9 nitrogen and oxygen atoms in total. The number of nitriles is 1. The van der Waals surface area contributed by atoms with Crippen LogP contribution in [0.3, 0.4) is 0 Å². The minimum atomic E-state index is -1.68. The van der Waals surface area contributed by atoms with Crippen LogP contribution in [-0.2, 0) is 0 Å². The summed E-state index contributed by atoms with van der Waals surface area (Å²) in [5, 5.41) is 23.8. The lowest BCUT2D eigenvalue weighted by molar-refractivity contribution is 0.00145. The van der Waals surface area contributed by atoms with Gasteiger partial charge in [0.05, 0.1) is 52.1 Å². The van der Waals surface area contributed by atoms with Crippen LogP contribution in [0.25, 0.3) is 16.8 Å². The standard InChI is InChI=1S/C24H22FN7O2/c1-24(2,34)22(25)14-31(20-6-8-29-13-18(20)23(27)33)19-5-7-28-12-17(19)21-4-3-16-9-15(10-26)11-30-32(16)21/h3-9,11-13,22,34H,14H2,1-2H3,(H2,27,33)/t22-/m1/s1. The Kier molecular flexibility index (Phi) is 5.96. The topological polar surface area (TPSA) is 133 Å². The zero-order valence-electron chi connectivity index (χ0n) is 18.6. The second-order valence-corrected chi connectivity index (χ2v) is 8.29. The number of amides is 1. The summed E-state index contributed by atoms with van der Waals surface area (Å²) in [7, 11) is 0. The monoisotopic (exact) mass is 459 g/mol. The van der Waals surface area contributed by atoms with Crippen molar-refractivity contribution in [2.45, 2.75) is 25.6 Å². The SMILES string of the molecule is CC(C)(O)[C@H](F)CN(c1ccncc1C(N)=O)c1ccncc1-c1ccc2cc(C#N)cnn12. The Labute approximate surface area is 194 Å². The van der Waals surface area contributed by atoms with E-state index in [1.54, 1.807) is 46.1 Å². The highest BCUT2D eigenvalue weighted by molar-refractivity contribution is 6.00. The summed E-state index contributed by atoms with van der Waals surface area (Å²) < 4.78 is 16.8. The fourth-order valence-electron chi connectivity index (χ4n) is 3.61. The molecule has 4 heterocycles. The van der Waals surface area contributed by atoms with Crippen LogP contribution in [0.5, 0.6) is 0 Å². The summed E-state index contributed by atoms with van der Waals surface area (Å²) in [6, 6.07) is 10.6. The molecule has 4 aromatic rings. The number of hydrogen-bond donors (Lipinski definition) is 2. The van der Waals surface area contributed by atoms with E-state index in [0.29, 0.717) is 33.7 Å². The molecule has 172 valence electrons. The maximum atomic E-state index is 15.2. The molecular formula is C24H22FN7O2. The first-order valence-electron chi connectivity index (χ1n) is 10.4. The van der Waals surface area contributed by atoms with Gasteiger partial charge in [-0.1, -0.05) is 0 Å². The van der Waals surface area contributed by atoms with E-state index in [0.717, 1.165) is 0 Å². The van der Waals surface area contributed by atoms with Crippen molar-refractivity contribution in [3.8, 4) is 17.3 Å². The lowest BCUT2D eigenvalue weighted by Crippen LogP contribution is -2.41. The van der Waals surface area contributed by atoms with E-state index in [4.69, 9.17) is 11.0 Å². The normalized spacial score (nSPS) is 12.3. The molecule has 3 N–H and O–H groups in total. The van der Waals surface area contributed by atoms with Gasteiger partial charge >= 0.3 is 0 Å². The molecule has 0 aromatic carbocycles. The van der Waals surface area contributed by atoms with Crippen LogP contribution in [0.1, 0.15) is 29.8 Å². The number of aliphatic hydroxyl groups is 1. The van der Waals surface area contributed by atoms with Gasteiger partial charge in [-0.05, 0) is 44.2 Å². The number of primary amides is 1. The third-order valence-electron chi connectivity index (χ3n) is 5.46. The molecule has 0 unspecified atom stereocenters. The summed E-state index contributed by atoms with van der Waals surface area (Å²) in [6.45, 7) is 2.48. The van der Waals surface area contributed by atoms with Gasteiger partial charge < -0.3 is 15.7 Å². The van der Waals surface area contributed by atoms with Crippen LogP contribution in [0.2, 0.25) is 0 Å². The first-order chi connectivity index (χ1) is 16.2. The molecule has 0 spiro atoms. The summed E-state index contributed by atoms with van der Waals surface area (Å²) >= 11 is 0. The quantitative estimate of drug-likeness (QED) is 0.434. The zero-order chi connectivity index (χ0) is 24.5. The van der Waals surface area contributed by atoms with Gasteiger partial charge in [-0.15, -0.1) is 0 Å². The van der Waals surface area contributed by atoms with E-state index in [2.05, 4.69) is 21.1 Å². The maximum absolute atomic E-state index is 15.2. The number of fused-ring (bicyclic) bond motifs is 1. The second kappa shape index (κ2) is 8.88. The van der Waals surface area contributed by atoms with E-state index < -0.39 is 17.7 Å². The number of alkyl halides is 1. The van der Waals surface area contributed by atoms with Crippen molar-refractivity contribution in [2.75, 3.05) is 11.4 Å². The summed E-state index contributed by atoms with van der Waals surface area (Å²) in [5.74, 6) is -0.721. The zero-order valence-corrected chi connectivity index (χ0v) is 18.6. The Morgan fingerprint density at radius 2 is 1.91 bits per heavy atom. The van der Waals surface area contributed by atoms with Gasteiger partial charge in [0, 0.05) is 30.4 Å². The highest BCUT2D eigenvalue weighted by Crippen LogP contribution is 2.37. The molecule has 0 radical (unpaired) electrons. The number of rotatable bonds is 7. The van der Waals surface area contributed by atoms with Gasteiger partial charge in [0.15, 0.2) is 0 Å². The largest absolute Gasteiger partial charge is 0.387 e. The highest BCUT2D eigenvalue weighted by atomic mass is 19.1. The molecule has 0 bridgehead atoms. The van der Waals surface area contributed by atoms with Crippen LogP contribution in [0.15, 0.2) is 61.3 Å². The fraction of sp³-hybridized carbons (Fsp3) is 0.208. The Hall–Kier alpha value is -4.36. The summed E-state index contributed by atoms with van der Waals surface area (Å²) in [6.07, 6.45) is 5.72. The fourth-order valence-corrected chi connectivity index (χ4v) is 3.61. The molecule has 4 rings (SSSR count). The predicted molar refractivity (Wildman–Crippen MR) is 124 cm³/mol. The summed E-state index contributed by atoms with van der Waals surface area (Å²) in [4.78, 5) is 21.9. The van der Waals surface area contributed by atoms with Gasteiger partial charge in [-0.3, -0.25) is 14.8 Å². The molecule has 0 fully saturated rings. The van der Waals surface area contributed by atoms with Crippen molar-refractivity contribution in [1.29, 1.82) is 5.26 Å². The Bertz CT molecular complexity index is 1400. The maximum Gasteiger partial charge on any atom is 0.252 e. The number of pyridine rings is 2. The second-order valence-electron chi connectivity index (χ2n) is 8.29. The first kappa shape index (κ1) is 22.8. The van der Waals surface area contributed by atoms with E-state index >= 15 is 4.39 Å². The third-order valence-corrected chi connectivity index (χ3v) is 5.46. The van der Waals surface area contributed by atoms with Crippen LogP contribution in [0.4, 0.5) is 15.8 Å². The van der Waals surface area contributed by atoms with Gasteiger partial charge in [-0.2, -0.15) is 10.4 Å². The Balaban J connectivity index is 1.93. The Morgan fingerprint density at radius 1 is 1.21 bits per heavy atom. The van der Waals surface area contributed by atoms with Crippen LogP contribution >= 0.6 is 0 Å². The van der Waals surface area contributed by atoms with Gasteiger partial charge in [0.2, 0.25) is 0 Å². The minimum absolute atomic E-state index is 0.102. The molecular weight excluding hydrogens is 437 g/mol. The average Bonchev–Trinajstić information content (AvgIpc) is 3.24. The number of nitrogens with two attached hydrogens (primary N) is 1. The van der Waals surface area contributed by atoms with E-state index in [-0.39, 0.29) is 12.1 Å². The molecule has 0 aliphatic rings. The molecule has 0 aliphatic heterocycles. The number of halogens is 1. The molecule has 10 heteroatoms. The van der Waals surface area contributed by atoms with E-state index in [9.17, 15) is 9.90 Å². The molecule has 0 aliphatic carbocycles. The molecule has 0 saturated heterocycles. The molecule has 34 heavy (non-hydrogen) atoms. The van der Waals surface area contributed by atoms with Gasteiger partial charge in [0.25, 0.3) is 5.91 Å². The number of hydrogen-bond acceptors (Lipinski definition) is 7. The average molecular weight is 459 g/mol. The van der Waals surface area contributed by atoms with Crippen LogP contribution < -0.4 is 10.6 Å². The van der Waals surface area contributed by atoms with Crippen molar-refractivity contribution >= 4 is 22.8 Å². The van der Waals surface area contributed by atoms with Crippen LogP contribution in [0, 0.1) is 11.3 Å². The predicted octanol–water partition coefficient (Wildman–Crippen LogP) is 3.01. The van der Waals surface area contributed by atoms with E-state index in [1.165, 1.54) is 32.4 Å². The highest BCUT2D eigenvalue weighted by Gasteiger charge is 2.31. The van der Waals surface area contributed by atoms with Crippen molar-refractivity contribution in [2.24, 2.45) is 5.73 Å². The number of nitrogens with zero attached hydrogens (tertiary/aromatic N) is 6. The van der Waals surface area contributed by atoms with Crippen molar-refractivity contribution in [3.05, 3.63) is 72.4 Å². The van der Waals surface area contributed by atoms with Gasteiger partial charge in [0.1, 0.15) is 12.2 Å². The van der Waals surface area contributed by atoms with Crippen molar-refractivity contribution < 1.29 is 14.3 Å². The van der Waals surface area contributed by atoms with Crippen molar-refractivity contribution in [1.82, 2.24) is 19.6 Å². The summed E-state index contributed by atoms with van der Waals surface area (Å²) in [5.41, 5.74) is 7.24. The molecule has 0 saturated carbocycles. The lowest BCUT2D eigenvalue weighted by Gasteiger charge is -2.33. The van der Waals surface area contributed by atoms with E-state index in [1.807, 2.05) is 6.07 Å². The number of anilines is 2.